The monoisotopic (exact) mass is 457 g/mol. The van der Waals surface area contributed by atoms with Gasteiger partial charge in [-0.25, -0.2) is 4.98 Å². The van der Waals surface area contributed by atoms with Crippen molar-refractivity contribution in [3.05, 3.63) is 44.9 Å². The third kappa shape index (κ3) is 3.85. The number of benzene rings is 1. The molecule has 0 saturated heterocycles. The van der Waals surface area contributed by atoms with Crippen molar-refractivity contribution in [2.75, 3.05) is 26.6 Å². The number of aromatic nitrogens is 2. The zero-order chi connectivity index (χ0) is 23.0. The van der Waals surface area contributed by atoms with E-state index in [0.29, 0.717) is 57.8 Å². The molecule has 8 nitrogen and oxygen atoms in total. The molecule has 170 valence electrons. The number of ketones is 1. The highest BCUT2D eigenvalue weighted by Gasteiger charge is 2.39. The van der Waals surface area contributed by atoms with Crippen LogP contribution in [0.3, 0.4) is 0 Å². The number of H-pyrrole nitrogens is 1. The number of aromatic amines is 1. The van der Waals surface area contributed by atoms with Crippen LogP contribution in [0.5, 0.6) is 17.2 Å². The van der Waals surface area contributed by atoms with Crippen molar-refractivity contribution in [2.24, 2.45) is 0 Å². The Bertz CT molecular complexity index is 1160. The quantitative estimate of drug-likeness (QED) is 0.498. The Morgan fingerprint density at radius 3 is 2.38 bits per heavy atom. The first-order valence-corrected chi connectivity index (χ1v) is 11.4. The molecule has 2 heterocycles. The molecule has 2 N–H and O–H groups in total. The van der Waals surface area contributed by atoms with Crippen LogP contribution in [0.4, 0.5) is 5.82 Å². The van der Waals surface area contributed by atoms with Crippen molar-refractivity contribution in [1.29, 1.82) is 0 Å². The minimum Gasteiger partial charge on any atom is -0.496 e. The fraction of sp³-hybridized carbons (Fsp3) is 0.435. The van der Waals surface area contributed by atoms with Gasteiger partial charge >= 0.3 is 0 Å². The number of fused-ring (bicyclic) bond motifs is 1. The third-order valence-corrected chi connectivity index (χ3v) is 6.52. The fourth-order valence-corrected chi connectivity index (χ4v) is 5.05. The molecule has 0 spiro atoms. The van der Waals surface area contributed by atoms with Crippen LogP contribution in [0, 0.1) is 0 Å². The maximum Gasteiger partial charge on any atom is 0.257 e. The summed E-state index contributed by atoms with van der Waals surface area (Å²) in [6, 6.07) is 3.49. The number of methoxy groups -OCH3 is 3. The minimum absolute atomic E-state index is 0.0197. The summed E-state index contributed by atoms with van der Waals surface area (Å²) in [6.07, 6.45) is 1.91. The van der Waals surface area contributed by atoms with Gasteiger partial charge in [0.15, 0.2) is 22.4 Å². The summed E-state index contributed by atoms with van der Waals surface area (Å²) in [5.41, 5.74) is 2.18. The molecule has 4 rings (SSSR count). The Morgan fingerprint density at radius 2 is 1.72 bits per heavy atom. The van der Waals surface area contributed by atoms with Crippen molar-refractivity contribution in [3.8, 4) is 17.2 Å². The maximum atomic E-state index is 13.3. The molecular formula is C23H27N3O5S. The number of Topliss-reactive ketones (excluding diaryl/α,β-unsaturated/α-hetero) is 1. The van der Waals surface area contributed by atoms with Gasteiger partial charge in [0.25, 0.3) is 5.56 Å². The Kier molecular flexibility index (Phi) is 6.19. The van der Waals surface area contributed by atoms with E-state index in [-0.39, 0.29) is 16.6 Å². The van der Waals surface area contributed by atoms with E-state index >= 15 is 0 Å². The smallest absolute Gasteiger partial charge is 0.257 e. The van der Waals surface area contributed by atoms with E-state index in [1.54, 1.807) is 33.5 Å². The van der Waals surface area contributed by atoms with Crippen LogP contribution in [-0.4, -0.2) is 42.3 Å². The molecule has 0 amide bonds. The molecule has 1 unspecified atom stereocenters. The molecule has 1 atom stereocenters. The molecule has 0 radical (unpaired) electrons. The van der Waals surface area contributed by atoms with Gasteiger partial charge in [-0.05, 0) is 18.9 Å². The summed E-state index contributed by atoms with van der Waals surface area (Å²) in [5.74, 6) is 1.37. The molecule has 2 aromatic rings. The first-order chi connectivity index (χ1) is 15.4. The number of hydrogen-bond acceptors (Lipinski definition) is 8. The van der Waals surface area contributed by atoms with E-state index < -0.39 is 5.92 Å². The summed E-state index contributed by atoms with van der Waals surface area (Å²) in [5, 5.41) is 4.09. The van der Waals surface area contributed by atoms with E-state index in [0.717, 1.165) is 12.1 Å². The number of carbonyl (C=O) groups is 1. The van der Waals surface area contributed by atoms with Gasteiger partial charge in [0, 0.05) is 34.6 Å². The number of nitrogens with one attached hydrogen (secondary N) is 2. The molecular weight excluding hydrogens is 430 g/mol. The molecule has 0 bridgehead atoms. The third-order valence-electron chi connectivity index (χ3n) is 5.63. The molecule has 1 aliphatic carbocycles. The Morgan fingerprint density at radius 1 is 1.03 bits per heavy atom. The SMILES string of the molecule is COc1cc(OC)c(C2C3=C(CCCC3=O)Nc3nc(SC(C)C)[nH]c(=O)c32)cc1OC. The van der Waals surface area contributed by atoms with Crippen molar-refractivity contribution in [2.45, 2.75) is 49.4 Å². The average molecular weight is 458 g/mol. The highest BCUT2D eigenvalue weighted by atomic mass is 32.2. The number of anilines is 1. The summed E-state index contributed by atoms with van der Waals surface area (Å²) in [4.78, 5) is 34.0. The van der Waals surface area contributed by atoms with E-state index in [1.165, 1.54) is 11.8 Å². The van der Waals surface area contributed by atoms with Gasteiger partial charge < -0.3 is 24.5 Å². The number of allylic oxidation sites excluding steroid dienone is 2. The zero-order valence-electron chi connectivity index (χ0n) is 18.8. The minimum atomic E-state index is -0.627. The topological polar surface area (TPSA) is 103 Å². The van der Waals surface area contributed by atoms with E-state index in [4.69, 9.17) is 19.2 Å². The Balaban J connectivity index is 1.99. The second kappa shape index (κ2) is 8.90. The van der Waals surface area contributed by atoms with Gasteiger partial charge in [-0.3, -0.25) is 9.59 Å². The van der Waals surface area contributed by atoms with E-state index in [1.807, 2.05) is 13.8 Å². The van der Waals surface area contributed by atoms with Crippen molar-refractivity contribution >= 4 is 23.4 Å². The van der Waals surface area contributed by atoms with Crippen LogP contribution >= 0.6 is 11.8 Å². The van der Waals surface area contributed by atoms with Crippen LogP contribution in [0.15, 0.2) is 33.4 Å². The highest BCUT2D eigenvalue weighted by Crippen LogP contribution is 2.48. The largest absolute Gasteiger partial charge is 0.496 e. The second-order valence-corrected chi connectivity index (χ2v) is 9.54. The molecule has 1 aromatic carbocycles. The predicted molar refractivity (Wildman–Crippen MR) is 123 cm³/mol. The van der Waals surface area contributed by atoms with Gasteiger partial charge in [-0.15, -0.1) is 0 Å². The number of rotatable bonds is 6. The predicted octanol–water partition coefficient (Wildman–Crippen LogP) is 3.86. The van der Waals surface area contributed by atoms with Crippen LogP contribution in [0.25, 0.3) is 0 Å². The van der Waals surface area contributed by atoms with Crippen LogP contribution in [-0.2, 0) is 4.79 Å². The lowest BCUT2D eigenvalue weighted by Gasteiger charge is -2.33. The lowest BCUT2D eigenvalue weighted by atomic mass is 9.76. The Labute approximate surface area is 190 Å². The van der Waals surface area contributed by atoms with Crippen molar-refractivity contribution in [1.82, 2.24) is 9.97 Å². The van der Waals surface area contributed by atoms with Gasteiger partial charge in [0.2, 0.25) is 0 Å². The first-order valence-electron chi connectivity index (χ1n) is 10.5. The average Bonchev–Trinajstić information content (AvgIpc) is 2.76. The molecule has 1 aliphatic heterocycles. The number of nitrogens with zero attached hydrogens (tertiary/aromatic N) is 1. The molecule has 2 aliphatic rings. The van der Waals surface area contributed by atoms with Gasteiger partial charge in [-0.2, -0.15) is 0 Å². The van der Waals surface area contributed by atoms with E-state index in [9.17, 15) is 9.59 Å². The number of thioether (sulfide) groups is 1. The zero-order valence-corrected chi connectivity index (χ0v) is 19.6. The van der Waals surface area contributed by atoms with Gasteiger partial charge in [0.1, 0.15) is 11.6 Å². The second-order valence-electron chi connectivity index (χ2n) is 7.98. The maximum absolute atomic E-state index is 13.3. The Hall–Kier alpha value is -2.94. The lowest BCUT2D eigenvalue weighted by molar-refractivity contribution is -0.116. The van der Waals surface area contributed by atoms with E-state index in [2.05, 4.69) is 10.3 Å². The summed E-state index contributed by atoms with van der Waals surface area (Å²) < 4.78 is 16.6. The number of carbonyl (C=O) groups excluding carboxylic acids is 1. The number of ether oxygens (including phenoxy) is 3. The molecule has 0 fully saturated rings. The summed E-state index contributed by atoms with van der Waals surface area (Å²) in [7, 11) is 4.64. The van der Waals surface area contributed by atoms with Crippen molar-refractivity contribution < 1.29 is 19.0 Å². The normalized spacial score (nSPS) is 17.6. The van der Waals surface area contributed by atoms with Crippen LogP contribution in [0.1, 0.15) is 50.2 Å². The summed E-state index contributed by atoms with van der Waals surface area (Å²) >= 11 is 1.48. The molecule has 9 heteroatoms. The van der Waals surface area contributed by atoms with Crippen LogP contribution < -0.4 is 25.1 Å². The summed E-state index contributed by atoms with van der Waals surface area (Å²) in [6.45, 7) is 4.07. The first kappa shape index (κ1) is 22.3. The molecule has 0 saturated carbocycles. The molecule has 32 heavy (non-hydrogen) atoms. The van der Waals surface area contributed by atoms with Crippen molar-refractivity contribution in [3.63, 3.8) is 0 Å². The number of hydrogen-bond donors (Lipinski definition) is 2. The lowest BCUT2D eigenvalue weighted by Crippen LogP contribution is -2.33. The molecule has 1 aromatic heterocycles. The van der Waals surface area contributed by atoms with Gasteiger partial charge in [-0.1, -0.05) is 25.6 Å². The van der Waals surface area contributed by atoms with Gasteiger partial charge in [0.05, 0.1) is 32.8 Å². The fourth-order valence-electron chi connectivity index (χ4n) is 4.31. The highest BCUT2D eigenvalue weighted by molar-refractivity contribution is 7.99. The van der Waals surface area contributed by atoms with Crippen LogP contribution in [0.2, 0.25) is 0 Å². The standard InChI is InChI=1S/C23H27N3O5S/c1-11(2)32-23-25-21-20(22(28)26-23)18(19-13(24-21)7-6-8-14(19)27)12-9-16(30-4)17(31-5)10-15(12)29-3/h9-11,18H,6-8H2,1-5H3,(H2,24,25,26,28).